The van der Waals surface area contributed by atoms with Crippen LogP contribution < -0.4 is 15.6 Å². The van der Waals surface area contributed by atoms with Crippen LogP contribution in [0.2, 0.25) is 0 Å². The van der Waals surface area contributed by atoms with Gasteiger partial charge in [0.15, 0.2) is 5.82 Å². The molecular weight excluding hydrogens is 234 g/mol. The zero-order valence-electron chi connectivity index (χ0n) is 11.1. The molecule has 6 nitrogen and oxygen atoms in total. The van der Waals surface area contributed by atoms with Crippen LogP contribution in [0.4, 0.5) is 5.82 Å². The fraction of sp³-hybridized carbons (Fsp3) is 0.667. The van der Waals surface area contributed by atoms with Gasteiger partial charge < -0.3 is 20.1 Å². The number of hydrogen-bond acceptors (Lipinski definition) is 5. The van der Waals surface area contributed by atoms with Crippen LogP contribution >= 0.6 is 0 Å². The van der Waals surface area contributed by atoms with Crippen LogP contribution in [0.1, 0.15) is 26.7 Å². The minimum absolute atomic E-state index is 0.0119. The van der Waals surface area contributed by atoms with E-state index in [1.807, 2.05) is 0 Å². The van der Waals surface area contributed by atoms with Gasteiger partial charge in [0.1, 0.15) is 0 Å². The molecule has 0 aliphatic carbocycles. The second-order valence-electron chi connectivity index (χ2n) is 4.96. The SMILES string of the molecule is COc1c(NCC(C)(C)CCCO)nc[nH]c1=O. The Bertz CT molecular complexity index is 429. The molecule has 6 heteroatoms. The molecule has 3 N–H and O–H groups in total. The number of ether oxygens (including phenoxy) is 1. The second kappa shape index (κ2) is 6.39. The Labute approximate surface area is 106 Å². The molecule has 0 amide bonds. The molecule has 1 aromatic heterocycles. The van der Waals surface area contributed by atoms with E-state index in [4.69, 9.17) is 9.84 Å². The first-order valence-electron chi connectivity index (χ1n) is 5.96. The molecule has 0 spiro atoms. The first-order valence-corrected chi connectivity index (χ1v) is 5.96. The number of H-pyrrole nitrogens is 1. The highest BCUT2D eigenvalue weighted by Gasteiger charge is 2.18. The number of hydrogen-bond donors (Lipinski definition) is 3. The van der Waals surface area contributed by atoms with Gasteiger partial charge in [-0.2, -0.15) is 0 Å². The summed E-state index contributed by atoms with van der Waals surface area (Å²) < 4.78 is 5.01. The Morgan fingerprint density at radius 1 is 1.56 bits per heavy atom. The smallest absolute Gasteiger partial charge is 0.295 e. The van der Waals surface area contributed by atoms with Crippen molar-refractivity contribution in [2.24, 2.45) is 5.41 Å². The topological polar surface area (TPSA) is 87.2 Å². The summed E-state index contributed by atoms with van der Waals surface area (Å²) in [5.41, 5.74) is -0.291. The molecule has 1 heterocycles. The molecule has 0 bridgehead atoms. The maximum Gasteiger partial charge on any atom is 0.295 e. The average Bonchev–Trinajstić information content (AvgIpc) is 2.34. The van der Waals surface area contributed by atoms with Gasteiger partial charge in [-0.15, -0.1) is 0 Å². The van der Waals surface area contributed by atoms with E-state index in [0.29, 0.717) is 12.4 Å². The standard InChI is InChI=1S/C12H21N3O3/c1-12(2,5-4-6-16)7-13-10-9(18-3)11(17)15-8-14-10/h8,16H,4-7H2,1-3H3,(H2,13,14,15,17). The van der Waals surface area contributed by atoms with Gasteiger partial charge in [0.05, 0.1) is 13.4 Å². The Kier molecular flexibility index (Phi) is 5.15. The molecule has 1 aromatic rings. The number of rotatable bonds is 7. The van der Waals surface area contributed by atoms with Crippen molar-refractivity contribution >= 4 is 5.82 Å². The molecule has 0 saturated carbocycles. The summed E-state index contributed by atoms with van der Waals surface area (Å²) in [6.45, 7) is 5.03. The highest BCUT2D eigenvalue weighted by atomic mass is 16.5. The largest absolute Gasteiger partial charge is 0.489 e. The summed E-state index contributed by atoms with van der Waals surface area (Å²) in [7, 11) is 1.44. The first kappa shape index (κ1) is 14.5. The third-order valence-electron chi connectivity index (χ3n) is 2.76. The maximum atomic E-state index is 11.5. The van der Waals surface area contributed by atoms with Crippen LogP contribution in [0.15, 0.2) is 11.1 Å². The summed E-state index contributed by atoms with van der Waals surface area (Å²) in [6, 6.07) is 0. The first-order chi connectivity index (χ1) is 8.50. The third kappa shape index (κ3) is 4.03. The van der Waals surface area contributed by atoms with E-state index >= 15 is 0 Å². The molecule has 0 fully saturated rings. The van der Waals surface area contributed by atoms with Gasteiger partial charge in [0, 0.05) is 13.2 Å². The van der Waals surface area contributed by atoms with E-state index in [2.05, 4.69) is 29.1 Å². The van der Waals surface area contributed by atoms with E-state index in [9.17, 15) is 4.79 Å². The van der Waals surface area contributed by atoms with Gasteiger partial charge in [-0.1, -0.05) is 13.8 Å². The van der Waals surface area contributed by atoms with Crippen molar-refractivity contribution in [3.8, 4) is 5.75 Å². The van der Waals surface area contributed by atoms with Gasteiger partial charge in [-0.3, -0.25) is 4.79 Å². The molecular formula is C12H21N3O3. The lowest BCUT2D eigenvalue weighted by Gasteiger charge is -2.25. The third-order valence-corrected chi connectivity index (χ3v) is 2.76. The molecule has 102 valence electrons. The summed E-state index contributed by atoms with van der Waals surface area (Å²) in [5.74, 6) is 0.633. The van der Waals surface area contributed by atoms with Gasteiger partial charge in [0.25, 0.3) is 5.56 Å². The van der Waals surface area contributed by atoms with Crippen molar-refractivity contribution in [3.05, 3.63) is 16.7 Å². The molecule has 0 radical (unpaired) electrons. The minimum atomic E-state index is -0.303. The summed E-state index contributed by atoms with van der Waals surface area (Å²) in [5, 5.41) is 12.0. The molecule has 0 aliphatic heterocycles. The Morgan fingerprint density at radius 3 is 2.89 bits per heavy atom. The van der Waals surface area contributed by atoms with E-state index in [0.717, 1.165) is 12.8 Å². The van der Waals surface area contributed by atoms with Crippen molar-refractivity contribution in [2.75, 3.05) is 25.6 Å². The lowest BCUT2D eigenvalue weighted by Crippen LogP contribution is -2.25. The Morgan fingerprint density at radius 2 is 2.28 bits per heavy atom. The lowest BCUT2D eigenvalue weighted by molar-refractivity contribution is 0.247. The fourth-order valence-electron chi connectivity index (χ4n) is 1.67. The molecule has 0 aliphatic rings. The summed E-state index contributed by atoms with van der Waals surface area (Å²) in [4.78, 5) is 18.0. The molecule has 1 rings (SSSR count). The molecule has 0 saturated heterocycles. The summed E-state index contributed by atoms with van der Waals surface area (Å²) >= 11 is 0. The summed E-state index contributed by atoms with van der Waals surface area (Å²) in [6.07, 6.45) is 2.99. The monoisotopic (exact) mass is 255 g/mol. The number of aromatic nitrogens is 2. The van der Waals surface area contributed by atoms with Gasteiger partial charge in [-0.25, -0.2) is 4.98 Å². The highest BCUT2D eigenvalue weighted by molar-refractivity contribution is 5.47. The van der Waals surface area contributed by atoms with E-state index in [1.54, 1.807) is 0 Å². The fourth-order valence-corrected chi connectivity index (χ4v) is 1.67. The Balaban J connectivity index is 2.68. The lowest BCUT2D eigenvalue weighted by atomic mass is 9.88. The zero-order chi connectivity index (χ0) is 13.6. The van der Waals surface area contributed by atoms with Crippen molar-refractivity contribution in [2.45, 2.75) is 26.7 Å². The second-order valence-corrected chi connectivity index (χ2v) is 4.96. The van der Waals surface area contributed by atoms with E-state index in [1.165, 1.54) is 13.4 Å². The number of aromatic amines is 1. The maximum absolute atomic E-state index is 11.5. The van der Waals surface area contributed by atoms with Crippen molar-refractivity contribution < 1.29 is 9.84 Å². The molecule has 18 heavy (non-hydrogen) atoms. The van der Waals surface area contributed by atoms with Crippen LogP contribution in [-0.2, 0) is 0 Å². The number of nitrogens with zero attached hydrogens (tertiary/aromatic N) is 1. The number of nitrogens with one attached hydrogen (secondary N) is 2. The van der Waals surface area contributed by atoms with Crippen LogP contribution in [0, 0.1) is 5.41 Å². The zero-order valence-corrected chi connectivity index (χ0v) is 11.1. The van der Waals surface area contributed by atoms with E-state index in [-0.39, 0.29) is 23.3 Å². The number of anilines is 1. The minimum Gasteiger partial charge on any atom is -0.489 e. The molecule has 0 unspecified atom stereocenters. The average molecular weight is 255 g/mol. The van der Waals surface area contributed by atoms with Crippen LogP contribution in [0.5, 0.6) is 5.75 Å². The molecule has 0 atom stereocenters. The highest BCUT2D eigenvalue weighted by Crippen LogP contribution is 2.24. The van der Waals surface area contributed by atoms with Crippen LogP contribution in [0.3, 0.4) is 0 Å². The number of aliphatic hydroxyl groups is 1. The predicted octanol–water partition coefficient (Wildman–Crippen LogP) is 0.989. The van der Waals surface area contributed by atoms with Crippen molar-refractivity contribution in [1.29, 1.82) is 0 Å². The normalized spacial score (nSPS) is 11.3. The van der Waals surface area contributed by atoms with Crippen LogP contribution in [0.25, 0.3) is 0 Å². The quantitative estimate of drug-likeness (QED) is 0.676. The van der Waals surface area contributed by atoms with Gasteiger partial charge in [-0.05, 0) is 18.3 Å². The van der Waals surface area contributed by atoms with Crippen LogP contribution in [-0.4, -0.2) is 35.3 Å². The molecule has 0 aromatic carbocycles. The Hall–Kier alpha value is -1.56. The number of aliphatic hydroxyl groups excluding tert-OH is 1. The predicted molar refractivity (Wildman–Crippen MR) is 70.0 cm³/mol. The van der Waals surface area contributed by atoms with Crippen molar-refractivity contribution in [1.82, 2.24) is 9.97 Å². The van der Waals surface area contributed by atoms with Gasteiger partial charge in [0.2, 0.25) is 5.75 Å². The van der Waals surface area contributed by atoms with Gasteiger partial charge >= 0.3 is 0 Å². The van der Waals surface area contributed by atoms with E-state index < -0.39 is 0 Å². The van der Waals surface area contributed by atoms with Crippen molar-refractivity contribution in [3.63, 3.8) is 0 Å². The number of methoxy groups -OCH3 is 1.